The van der Waals surface area contributed by atoms with Crippen LogP contribution in [0, 0.1) is 0 Å². The minimum absolute atomic E-state index is 0. The second kappa shape index (κ2) is 8.96. The summed E-state index contributed by atoms with van der Waals surface area (Å²) in [5.74, 6) is 0. The number of halogens is 4. The lowest BCUT2D eigenvalue weighted by Gasteiger charge is -2.35. The van der Waals surface area contributed by atoms with E-state index in [1.54, 1.807) is 0 Å². The molecule has 1 rings (SSSR count). The number of hydrogen-bond donors (Lipinski definition) is 1. The van der Waals surface area contributed by atoms with Gasteiger partial charge in [0.2, 0.25) is 0 Å². The Morgan fingerprint density at radius 1 is 1.28 bits per heavy atom. The van der Waals surface area contributed by atoms with Gasteiger partial charge in [-0.3, -0.25) is 4.90 Å². The molecule has 1 saturated heterocycles. The quantitative estimate of drug-likeness (QED) is 0.762. The largest absolute Gasteiger partial charge is 0.411 e. The van der Waals surface area contributed by atoms with Crippen LogP contribution in [0.4, 0.5) is 13.2 Å². The molecule has 0 spiro atoms. The van der Waals surface area contributed by atoms with Crippen molar-refractivity contribution in [3.8, 4) is 0 Å². The van der Waals surface area contributed by atoms with Gasteiger partial charge < -0.3 is 10.5 Å². The van der Waals surface area contributed by atoms with E-state index in [0.717, 1.165) is 25.8 Å². The SMILES string of the molecule is Cl.NCCC1CCCCN1CCOCC(F)(F)F. The lowest BCUT2D eigenvalue weighted by molar-refractivity contribution is -0.175. The molecule has 0 aromatic heterocycles. The van der Waals surface area contributed by atoms with Crippen molar-refractivity contribution in [3.63, 3.8) is 0 Å². The van der Waals surface area contributed by atoms with Gasteiger partial charge in [0.1, 0.15) is 6.61 Å². The molecule has 1 heterocycles. The normalized spacial score (nSPS) is 21.7. The van der Waals surface area contributed by atoms with Crippen molar-refractivity contribution in [1.82, 2.24) is 4.90 Å². The number of rotatable bonds is 6. The van der Waals surface area contributed by atoms with Crippen LogP contribution in [0.15, 0.2) is 0 Å². The molecule has 0 aliphatic carbocycles. The molecular formula is C11H22ClF3N2O. The molecule has 0 radical (unpaired) electrons. The predicted molar refractivity (Wildman–Crippen MR) is 67.0 cm³/mol. The Labute approximate surface area is 112 Å². The van der Waals surface area contributed by atoms with E-state index in [2.05, 4.69) is 9.64 Å². The smallest absolute Gasteiger partial charge is 0.371 e. The maximum absolute atomic E-state index is 11.9. The highest BCUT2D eigenvalue weighted by Crippen LogP contribution is 2.19. The Hall–Kier alpha value is -0.0400. The van der Waals surface area contributed by atoms with E-state index in [-0.39, 0.29) is 19.0 Å². The number of alkyl halides is 3. The van der Waals surface area contributed by atoms with Crippen molar-refractivity contribution >= 4 is 12.4 Å². The summed E-state index contributed by atoms with van der Waals surface area (Å²) in [6, 6.07) is 0.420. The molecule has 0 aromatic carbocycles. The first-order valence-electron chi connectivity index (χ1n) is 6.11. The zero-order chi connectivity index (χ0) is 12.7. The Morgan fingerprint density at radius 2 is 2.00 bits per heavy atom. The van der Waals surface area contributed by atoms with Crippen molar-refractivity contribution < 1.29 is 17.9 Å². The van der Waals surface area contributed by atoms with Crippen molar-refractivity contribution in [2.45, 2.75) is 37.9 Å². The van der Waals surface area contributed by atoms with Gasteiger partial charge in [-0.15, -0.1) is 12.4 Å². The fourth-order valence-electron chi connectivity index (χ4n) is 2.24. The van der Waals surface area contributed by atoms with Gasteiger partial charge in [0.15, 0.2) is 0 Å². The molecule has 7 heteroatoms. The standard InChI is InChI=1S/C11H21F3N2O.ClH/c12-11(13,14)9-17-8-7-16-6-2-1-3-10(16)4-5-15;/h10H,1-9,15H2;1H. The zero-order valence-corrected chi connectivity index (χ0v) is 11.2. The molecule has 1 atom stereocenters. The van der Waals surface area contributed by atoms with Crippen molar-refractivity contribution in [1.29, 1.82) is 0 Å². The third-order valence-electron chi connectivity index (χ3n) is 3.04. The van der Waals surface area contributed by atoms with Gasteiger partial charge in [0.25, 0.3) is 0 Å². The monoisotopic (exact) mass is 290 g/mol. The highest BCUT2D eigenvalue weighted by Gasteiger charge is 2.27. The van der Waals surface area contributed by atoms with Crippen LogP contribution in [0.25, 0.3) is 0 Å². The van der Waals surface area contributed by atoms with Gasteiger partial charge in [-0.25, -0.2) is 0 Å². The van der Waals surface area contributed by atoms with E-state index in [0.29, 0.717) is 19.1 Å². The van der Waals surface area contributed by atoms with Crippen LogP contribution in [0.1, 0.15) is 25.7 Å². The summed E-state index contributed by atoms with van der Waals surface area (Å²) in [6.45, 7) is 1.13. The van der Waals surface area contributed by atoms with Crippen LogP contribution >= 0.6 is 12.4 Å². The lowest BCUT2D eigenvalue weighted by atomic mass is 9.99. The molecule has 0 bridgehead atoms. The molecule has 0 aromatic rings. The predicted octanol–water partition coefficient (Wildman–Crippen LogP) is 2.19. The summed E-state index contributed by atoms with van der Waals surface area (Å²) in [5.41, 5.74) is 5.53. The maximum Gasteiger partial charge on any atom is 0.411 e. The van der Waals surface area contributed by atoms with Gasteiger partial charge >= 0.3 is 6.18 Å². The minimum atomic E-state index is -4.22. The molecular weight excluding hydrogens is 269 g/mol. The number of ether oxygens (including phenoxy) is 1. The van der Waals surface area contributed by atoms with Gasteiger partial charge in [-0.2, -0.15) is 13.2 Å². The Morgan fingerprint density at radius 3 is 2.61 bits per heavy atom. The third kappa shape index (κ3) is 7.41. The third-order valence-corrected chi connectivity index (χ3v) is 3.04. The number of nitrogens with zero attached hydrogens (tertiary/aromatic N) is 1. The van der Waals surface area contributed by atoms with Crippen LogP contribution in [0.5, 0.6) is 0 Å². The number of piperidine rings is 1. The lowest BCUT2D eigenvalue weighted by Crippen LogP contribution is -2.42. The zero-order valence-electron chi connectivity index (χ0n) is 10.4. The van der Waals surface area contributed by atoms with Gasteiger partial charge in [-0.05, 0) is 32.4 Å². The molecule has 1 fully saturated rings. The van der Waals surface area contributed by atoms with E-state index in [1.165, 1.54) is 6.42 Å². The van der Waals surface area contributed by atoms with E-state index in [1.807, 2.05) is 0 Å². The first-order valence-corrected chi connectivity index (χ1v) is 6.11. The van der Waals surface area contributed by atoms with E-state index >= 15 is 0 Å². The van der Waals surface area contributed by atoms with Gasteiger partial charge in [0, 0.05) is 12.6 Å². The molecule has 1 aliphatic heterocycles. The molecule has 18 heavy (non-hydrogen) atoms. The van der Waals surface area contributed by atoms with Crippen molar-refractivity contribution in [2.24, 2.45) is 5.73 Å². The van der Waals surface area contributed by atoms with Crippen LogP contribution in [0.2, 0.25) is 0 Å². The summed E-state index contributed by atoms with van der Waals surface area (Å²) < 4.78 is 40.2. The van der Waals surface area contributed by atoms with Crippen molar-refractivity contribution in [2.75, 3.05) is 32.8 Å². The summed E-state index contributed by atoms with van der Waals surface area (Å²) in [4.78, 5) is 2.20. The molecule has 0 amide bonds. The van der Waals surface area contributed by atoms with Crippen LogP contribution in [-0.2, 0) is 4.74 Å². The Kier molecular flexibility index (Phi) is 8.94. The van der Waals surface area contributed by atoms with E-state index < -0.39 is 12.8 Å². The molecule has 3 nitrogen and oxygen atoms in total. The van der Waals surface area contributed by atoms with Gasteiger partial charge in [0.05, 0.1) is 6.61 Å². The summed E-state index contributed by atoms with van der Waals surface area (Å²) >= 11 is 0. The first kappa shape index (κ1) is 18.0. The second-order valence-corrected chi connectivity index (χ2v) is 4.43. The average Bonchev–Trinajstić information content (AvgIpc) is 2.25. The minimum Gasteiger partial charge on any atom is -0.371 e. The molecule has 1 unspecified atom stereocenters. The average molecular weight is 291 g/mol. The number of likely N-dealkylation sites (tertiary alicyclic amines) is 1. The summed E-state index contributed by atoms with van der Waals surface area (Å²) in [6.07, 6.45) is 0.0826. The fourth-order valence-corrected chi connectivity index (χ4v) is 2.24. The molecule has 110 valence electrons. The molecule has 2 N–H and O–H groups in total. The number of hydrogen-bond acceptors (Lipinski definition) is 3. The van der Waals surface area contributed by atoms with Crippen molar-refractivity contribution in [3.05, 3.63) is 0 Å². The highest BCUT2D eigenvalue weighted by molar-refractivity contribution is 5.85. The van der Waals surface area contributed by atoms with Crippen LogP contribution in [0.3, 0.4) is 0 Å². The van der Waals surface area contributed by atoms with Crippen LogP contribution in [-0.4, -0.2) is 50.0 Å². The second-order valence-electron chi connectivity index (χ2n) is 4.43. The Balaban J connectivity index is 0.00000289. The van der Waals surface area contributed by atoms with E-state index in [4.69, 9.17) is 5.73 Å². The van der Waals surface area contributed by atoms with E-state index in [9.17, 15) is 13.2 Å². The maximum atomic E-state index is 11.9. The highest BCUT2D eigenvalue weighted by atomic mass is 35.5. The topological polar surface area (TPSA) is 38.5 Å². The van der Waals surface area contributed by atoms with Crippen LogP contribution < -0.4 is 5.73 Å². The first-order chi connectivity index (χ1) is 8.03. The molecule has 0 saturated carbocycles. The summed E-state index contributed by atoms with van der Waals surface area (Å²) in [7, 11) is 0. The summed E-state index contributed by atoms with van der Waals surface area (Å²) in [5, 5.41) is 0. The molecule has 1 aliphatic rings. The number of nitrogens with two attached hydrogens (primary N) is 1. The van der Waals surface area contributed by atoms with Gasteiger partial charge in [-0.1, -0.05) is 6.42 Å². The fraction of sp³-hybridized carbons (Fsp3) is 1.00. The Bertz CT molecular complexity index is 215.